The van der Waals surface area contributed by atoms with Gasteiger partial charge in [-0.3, -0.25) is 0 Å². The first-order valence-electron chi connectivity index (χ1n) is 14.1. The molecule has 5 nitrogen and oxygen atoms in total. The van der Waals surface area contributed by atoms with Crippen LogP contribution >= 0.6 is 23.4 Å². The lowest BCUT2D eigenvalue weighted by Crippen LogP contribution is -2.26. The Morgan fingerprint density at radius 1 is 1.07 bits per heavy atom. The number of rotatable bonds is 12. The van der Waals surface area contributed by atoms with Gasteiger partial charge in [0.25, 0.3) is 0 Å². The largest absolute Gasteiger partial charge is 0.550 e. The molecule has 0 unspecified atom stereocenters. The summed E-state index contributed by atoms with van der Waals surface area (Å²) in [5, 5.41) is 24.0. The highest BCUT2D eigenvalue weighted by atomic mass is 35.5. The molecule has 3 aromatic carbocycles. The topological polar surface area (TPSA) is 110 Å². The van der Waals surface area contributed by atoms with E-state index in [1.165, 1.54) is 5.56 Å². The summed E-state index contributed by atoms with van der Waals surface area (Å²) in [5.74, 6) is -0.168. The molecule has 1 atom stereocenters. The average Bonchev–Trinajstić information content (AvgIpc) is 3.70. The van der Waals surface area contributed by atoms with E-state index in [2.05, 4.69) is 36.4 Å². The number of hydrogen-bond acceptors (Lipinski definition) is 5. The van der Waals surface area contributed by atoms with Crippen LogP contribution in [0.15, 0.2) is 78.9 Å². The summed E-state index contributed by atoms with van der Waals surface area (Å²) in [7, 11) is 0. The van der Waals surface area contributed by atoms with E-state index in [0.29, 0.717) is 5.02 Å². The summed E-state index contributed by atoms with van der Waals surface area (Å²) in [6, 6.07) is 26.4. The van der Waals surface area contributed by atoms with Gasteiger partial charge in [0.1, 0.15) is 0 Å². The van der Waals surface area contributed by atoms with Crippen molar-refractivity contribution in [1.29, 1.82) is 0 Å². The Labute approximate surface area is 257 Å². The molecule has 7 heteroatoms. The van der Waals surface area contributed by atoms with Gasteiger partial charge in [0, 0.05) is 21.6 Å². The molecule has 1 aliphatic carbocycles. The van der Waals surface area contributed by atoms with E-state index in [0.717, 1.165) is 64.7 Å². The number of carbonyl (C=O) groups is 1. The van der Waals surface area contributed by atoms with Crippen molar-refractivity contribution in [3.63, 3.8) is 0 Å². The van der Waals surface area contributed by atoms with Crippen molar-refractivity contribution in [2.24, 2.45) is 5.41 Å². The van der Waals surface area contributed by atoms with E-state index in [1.807, 2.05) is 80.2 Å². The van der Waals surface area contributed by atoms with Crippen molar-refractivity contribution >= 4 is 52.4 Å². The highest BCUT2D eigenvalue weighted by Crippen LogP contribution is 2.53. The first-order valence-corrected chi connectivity index (χ1v) is 15.5. The van der Waals surface area contributed by atoms with Gasteiger partial charge in [-0.25, -0.2) is 4.98 Å². The van der Waals surface area contributed by atoms with Crippen molar-refractivity contribution in [3.05, 3.63) is 112 Å². The number of hydrogen-bond donors (Lipinski definition) is 2. The summed E-state index contributed by atoms with van der Waals surface area (Å²) in [6.07, 6.45) is 7.78. The third-order valence-corrected chi connectivity index (χ3v) is 9.75. The van der Waals surface area contributed by atoms with Crippen LogP contribution in [0.25, 0.3) is 23.1 Å². The number of aliphatic hydroxyl groups is 1. The normalized spacial score (nSPS) is 15.0. The number of pyridine rings is 1. The van der Waals surface area contributed by atoms with Gasteiger partial charge in [-0.2, -0.15) is 11.8 Å². The van der Waals surface area contributed by atoms with Crippen LogP contribution in [-0.4, -0.2) is 21.8 Å². The Kier molecular flexibility index (Phi) is 10.2. The smallest absolute Gasteiger partial charge is 0.0843 e. The SMILES string of the molecule is CC(C)(O)c1ccccc1CC[C@@H](SCC1(CC(=O)[O-])CC1)c1cccc(/C=C/c2ccc3ccc(Cl)cc3n2)c1.[NH4+]. The summed E-state index contributed by atoms with van der Waals surface area (Å²) >= 11 is 8.01. The zero-order chi connectivity index (χ0) is 29.0. The van der Waals surface area contributed by atoms with Crippen molar-refractivity contribution in [3.8, 4) is 0 Å². The highest BCUT2D eigenvalue weighted by molar-refractivity contribution is 7.99. The first kappa shape index (κ1) is 31.8. The fourth-order valence-corrected chi connectivity index (χ4v) is 7.08. The molecule has 5 N–H and O–H groups in total. The molecule has 42 heavy (non-hydrogen) atoms. The van der Waals surface area contributed by atoms with E-state index in [-0.39, 0.29) is 23.2 Å². The fourth-order valence-electron chi connectivity index (χ4n) is 5.34. The molecule has 0 radical (unpaired) electrons. The van der Waals surface area contributed by atoms with Gasteiger partial charge in [-0.15, -0.1) is 0 Å². The summed E-state index contributed by atoms with van der Waals surface area (Å²) in [5.41, 5.74) is 5.03. The monoisotopic (exact) mass is 602 g/mol. The molecular weight excluding hydrogens is 564 g/mol. The predicted octanol–water partition coefficient (Wildman–Crippen LogP) is 7.99. The summed E-state index contributed by atoms with van der Waals surface area (Å²) in [6.45, 7) is 3.65. The number of aryl methyl sites for hydroxylation is 1. The Morgan fingerprint density at radius 2 is 1.83 bits per heavy atom. The molecule has 0 bridgehead atoms. The van der Waals surface area contributed by atoms with Crippen LogP contribution in [0.2, 0.25) is 5.02 Å². The number of halogens is 1. The highest BCUT2D eigenvalue weighted by Gasteiger charge is 2.42. The maximum absolute atomic E-state index is 11.4. The third kappa shape index (κ3) is 8.23. The Bertz CT molecular complexity index is 1580. The minimum atomic E-state index is -0.963. The number of fused-ring (bicyclic) bond motifs is 1. The number of thioether (sulfide) groups is 1. The second kappa shape index (κ2) is 13.4. The zero-order valence-electron chi connectivity index (χ0n) is 24.5. The van der Waals surface area contributed by atoms with Gasteiger partial charge in [0.2, 0.25) is 0 Å². The van der Waals surface area contributed by atoms with Crippen LogP contribution in [0.3, 0.4) is 0 Å². The fraction of sp³-hybridized carbons (Fsp3) is 0.314. The first-order chi connectivity index (χ1) is 19.6. The van der Waals surface area contributed by atoms with Crippen LogP contribution in [-0.2, 0) is 16.8 Å². The van der Waals surface area contributed by atoms with Gasteiger partial charge < -0.3 is 21.2 Å². The average molecular weight is 603 g/mol. The number of aromatic nitrogens is 1. The van der Waals surface area contributed by atoms with Crippen LogP contribution in [0.1, 0.15) is 72.7 Å². The number of carboxylic acids is 1. The number of carboxylic acid groups (broad SMARTS) is 1. The molecule has 0 amide bonds. The number of benzene rings is 3. The van der Waals surface area contributed by atoms with E-state index in [4.69, 9.17) is 16.6 Å². The van der Waals surface area contributed by atoms with Crippen molar-refractivity contribution in [2.75, 3.05) is 5.75 Å². The van der Waals surface area contributed by atoms with Gasteiger partial charge in [-0.05, 0) is 104 Å². The lowest BCUT2D eigenvalue weighted by Gasteiger charge is -2.24. The Hall–Kier alpha value is -3.16. The van der Waals surface area contributed by atoms with E-state index in [9.17, 15) is 15.0 Å². The molecule has 1 fully saturated rings. The molecule has 4 aromatic rings. The molecule has 0 spiro atoms. The Balaban J connectivity index is 0.00000405. The van der Waals surface area contributed by atoms with Crippen molar-refractivity contribution in [1.82, 2.24) is 11.1 Å². The van der Waals surface area contributed by atoms with Gasteiger partial charge in [0.15, 0.2) is 0 Å². The van der Waals surface area contributed by atoms with Crippen LogP contribution in [0.5, 0.6) is 0 Å². The number of aliphatic carboxylic acids is 1. The van der Waals surface area contributed by atoms with Crippen LogP contribution < -0.4 is 11.3 Å². The second-order valence-corrected chi connectivity index (χ2v) is 13.3. The minimum Gasteiger partial charge on any atom is -0.550 e. The number of nitrogens with zero attached hydrogens (tertiary/aromatic N) is 1. The zero-order valence-corrected chi connectivity index (χ0v) is 26.0. The lowest BCUT2D eigenvalue weighted by molar-refractivity contribution is -0.307. The minimum absolute atomic E-state index is 0. The molecule has 220 valence electrons. The van der Waals surface area contributed by atoms with Gasteiger partial charge in [0.05, 0.1) is 16.8 Å². The standard InChI is InChI=1S/C35H36ClNO3S.H3N/c1-34(2,40)30-9-4-3-7-25(30)13-17-32(41-23-35(18-19-35)22-33(38)39)27-8-5-6-24(20-27)10-15-29-16-12-26-11-14-28(36)21-31(26)37-29;/h3-12,14-16,20-21,32,40H,13,17-19,22-23H2,1-2H3,(H,38,39);1H3/b15-10+;/t32-;/m1./s1. The Morgan fingerprint density at radius 3 is 2.57 bits per heavy atom. The van der Waals surface area contributed by atoms with E-state index >= 15 is 0 Å². The number of quaternary nitrogens is 1. The quantitative estimate of drug-likeness (QED) is 0.171. The third-order valence-electron chi connectivity index (χ3n) is 7.82. The molecule has 5 rings (SSSR count). The van der Waals surface area contributed by atoms with E-state index in [1.54, 1.807) is 0 Å². The molecule has 1 aliphatic rings. The maximum atomic E-state index is 11.4. The van der Waals surface area contributed by atoms with Gasteiger partial charge >= 0.3 is 0 Å². The van der Waals surface area contributed by atoms with Crippen molar-refractivity contribution < 1.29 is 15.0 Å². The summed E-state index contributed by atoms with van der Waals surface area (Å²) in [4.78, 5) is 16.1. The molecule has 1 heterocycles. The van der Waals surface area contributed by atoms with Crippen LogP contribution in [0, 0.1) is 5.41 Å². The van der Waals surface area contributed by atoms with Crippen LogP contribution in [0.4, 0.5) is 0 Å². The predicted molar refractivity (Wildman–Crippen MR) is 175 cm³/mol. The van der Waals surface area contributed by atoms with Crippen molar-refractivity contribution in [2.45, 2.75) is 56.8 Å². The van der Waals surface area contributed by atoms with Gasteiger partial charge in [-0.1, -0.05) is 78.3 Å². The van der Waals surface area contributed by atoms with E-state index < -0.39 is 11.6 Å². The number of carbonyl (C=O) groups excluding carboxylic acids is 1. The molecular formula is C35H39ClN2O3S. The lowest BCUT2D eigenvalue weighted by atomic mass is 9.90. The maximum Gasteiger partial charge on any atom is 0.0843 e. The molecule has 1 aromatic heterocycles. The summed E-state index contributed by atoms with van der Waals surface area (Å²) < 4.78 is 0. The molecule has 1 saturated carbocycles. The second-order valence-electron chi connectivity index (χ2n) is 11.7. The molecule has 0 saturated heterocycles. The molecule has 0 aliphatic heterocycles.